The number of benzene rings is 2. The first-order chi connectivity index (χ1) is 9.74. The smallest absolute Gasteiger partial charge is 0.128 e. The summed E-state index contributed by atoms with van der Waals surface area (Å²) in [6.07, 6.45) is 0. The number of para-hydroxylation sites is 1. The number of nitrogens with two attached hydrogens (primary N) is 1. The predicted octanol–water partition coefficient (Wildman–Crippen LogP) is 3.61. The molecule has 3 heteroatoms. The molecule has 0 aliphatic heterocycles. The molecule has 0 radical (unpaired) electrons. The number of hydrogen-bond acceptors (Lipinski definition) is 2. The number of rotatable bonds is 3. The number of hydrogen-bond donors (Lipinski definition) is 2. The zero-order valence-electron chi connectivity index (χ0n) is 11.7. The van der Waals surface area contributed by atoms with Gasteiger partial charge in [0.2, 0.25) is 0 Å². The summed E-state index contributed by atoms with van der Waals surface area (Å²) >= 11 is 0. The fourth-order valence-electron chi connectivity index (χ4n) is 2.62. The first-order valence-corrected chi connectivity index (χ1v) is 6.69. The summed E-state index contributed by atoms with van der Waals surface area (Å²) in [4.78, 5) is 3.49. The summed E-state index contributed by atoms with van der Waals surface area (Å²) in [6, 6.07) is 14.3. The van der Waals surface area contributed by atoms with Gasteiger partial charge in [-0.3, -0.25) is 0 Å². The highest BCUT2D eigenvalue weighted by Crippen LogP contribution is 2.35. The molecule has 0 unspecified atom stereocenters. The highest BCUT2D eigenvalue weighted by Gasteiger charge is 2.13. The molecule has 3 N–H and O–H groups in total. The van der Waals surface area contributed by atoms with Crippen molar-refractivity contribution in [2.75, 3.05) is 7.11 Å². The van der Waals surface area contributed by atoms with Gasteiger partial charge >= 0.3 is 0 Å². The van der Waals surface area contributed by atoms with Crippen molar-refractivity contribution < 1.29 is 4.74 Å². The van der Waals surface area contributed by atoms with E-state index in [0.29, 0.717) is 6.54 Å². The minimum absolute atomic E-state index is 0.560. The summed E-state index contributed by atoms with van der Waals surface area (Å²) in [5.41, 5.74) is 11.4. The van der Waals surface area contributed by atoms with Crippen LogP contribution in [-0.2, 0) is 6.54 Å². The van der Waals surface area contributed by atoms with E-state index in [1.165, 1.54) is 10.9 Å². The maximum absolute atomic E-state index is 5.72. The van der Waals surface area contributed by atoms with Gasteiger partial charge in [-0.15, -0.1) is 0 Å². The van der Waals surface area contributed by atoms with Crippen LogP contribution in [0, 0.1) is 6.92 Å². The summed E-state index contributed by atoms with van der Waals surface area (Å²) in [7, 11) is 1.70. The van der Waals surface area contributed by atoms with Crippen molar-refractivity contribution in [3.63, 3.8) is 0 Å². The van der Waals surface area contributed by atoms with Crippen LogP contribution in [-0.4, -0.2) is 12.1 Å². The lowest BCUT2D eigenvalue weighted by atomic mass is 10.0. The van der Waals surface area contributed by atoms with Crippen LogP contribution in [0.2, 0.25) is 0 Å². The van der Waals surface area contributed by atoms with E-state index in [0.717, 1.165) is 28.1 Å². The van der Waals surface area contributed by atoms with Crippen LogP contribution in [0.3, 0.4) is 0 Å². The van der Waals surface area contributed by atoms with Gasteiger partial charge < -0.3 is 15.5 Å². The first kappa shape index (κ1) is 12.8. The molecular weight excluding hydrogens is 248 g/mol. The third-order valence-corrected chi connectivity index (χ3v) is 3.73. The second kappa shape index (κ2) is 5.02. The molecule has 0 aliphatic carbocycles. The Bertz CT molecular complexity index is 759. The van der Waals surface area contributed by atoms with Crippen molar-refractivity contribution in [3.05, 3.63) is 53.6 Å². The van der Waals surface area contributed by atoms with Gasteiger partial charge in [0.25, 0.3) is 0 Å². The Morgan fingerprint density at radius 2 is 1.95 bits per heavy atom. The lowest BCUT2D eigenvalue weighted by molar-refractivity contribution is 0.416. The molecule has 3 aromatic rings. The Balaban J connectivity index is 2.24. The number of aromatic nitrogens is 1. The molecule has 0 amide bonds. The van der Waals surface area contributed by atoms with Crippen LogP contribution in [0.1, 0.15) is 11.1 Å². The quantitative estimate of drug-likeness (QED) is 0.761. The van der Waals surface area contributed by atoms with Crippen LogP contribution in [0.5, 0.6) is 5.75 Å². The van der Waals surface area contributed by atoms with Crippen molar-refractivity contribution in [2.24, 2.45) is 5.73 Å². The summed E-state index contributed by atoms with van der Waals surface area (Å²) in [6.45, 7) is 2.69. The van der Waals surface area contributed by atoms with Crippen LogP contribution in [0.25, 0.3) is 22.2 Å². The van der Waals surface area contributed by atoms with Gasteiger partial charge in [-0.1, -0.05) is 18.2 Å². The van der Waals surface area contributed by atoms with Gasteiger partial charge in [0, 0.05) is 23.0 Å². The average Bonchev–Trinajstić information content (AvgIpc) is 2.83. The minimum atomic E-state index is 0.560. The molecule has 0 atom stereocenters. The largest absolute Gasteiger partial charge is 0.496 e. The van der Waals surface area contributed by atoms with Crippen LogP contribution < -0.4 is 10.5 Å². The van der Waals surface area contributed by atoms with Crippen molar-refractivity contribution in [3.8, 4) is 17.0 Å². The van der Waals surface area contributed by atoms with E-state index in [1.807, 2.05) is 18.2 Å². The Morgan fingerprint density at radius 3 is 2.70 bits per heavy atom. The molecule has 0 aliphatic rings. The number of fused-ring (bicyclic) bond motifs is 1. The van der Waals surface area contributed by atoms with Gasteiger partial charge in [0.15, 0.2) is 0 Å². The molecule has 0 saturated carbocycles. The predicted molar refractivity (Wildman–Crippen MR) is 82.9 cm³/mol. The van der Waals surface area contributed by atoms with E-state index in [1.54, 1.807) is 7.11 Å². The number of H-pyrrole nitrogens is 1. The van der Waals surface area contributed by atoms with E-state index in [2.05, 4.69) is 36.2 Å². The number of aryl methyl sites for hydroxylation is 1. The Labute approximate surface area is 118 Å². The SMILES string of the molecule is COc1ccccc1-c1[nH]c2ccc(CN)cc2c1C. The Hall–Kier alpha value is -2.26. The van der Waals surface area contributed by atoms with Crippen molar-refractivity contribution in [1.82, 2.24) is 4.98 Å². The molecule has 0 fully saturated rings. The number of ether oxygens (including phenoxy) is 1. The molecule has 0 saturated heterocycles. The van der Waals surface area contributed by atoms with Gasteiger partial charge in [-0.2, -0.15) is 0 Å². The number of methoxy groups -OCH3 is 1. The van der Waals surface area contributed by atoms with E-state index in [-0.39, 0.29) is 0 Å². The topological polar surface area (TPSA) is 51.0 Å². The second-order valence-corrected chi connectivity index (χ2v) is 4.91. The number of nitrogens with one attached hydrogen (secondary N) is 1. The van der Waals surface area contributed by atoms with Crippen molar-refractivity contribution in [1.29, 1.82) is 0 Å². The first-order valence-electron chi connectivity index (χ1n) is 6.69. The standard InChI is InChI=1S/C17H18N2O/c1-11-14-9-12(10-18)7-8-15(14)19-17(11)13-5-3-4-6-16(13)20-2/h3-9,19H,10,18H2,1-2H3. The monoisotopic (exact) mass is 266 g/mol. The van der Waals surface area contributed by atoms with Gasteiger partial charge in [0.1, 0.15) is 5.75 Å². The minimum Gasteiger partial charge on any atom is -0.496 e. The Morgan fingerprint density at radius 1 is 1.15 bits per heavy atom. The zero-order chi connectivity index (χ0) is 14.1. The molecule has 1 aromatic heterocycles. The van der Waals surface area contributed by atoms with Crippen molar-refractivity contribution >= 4 is 10.9 Å². The summed E-state index contributed by atoms with van der Waals surface area (Å²) in [5, 5.41) is 1.22. The van der Waals surface area contributed by atoms with Gasteiger partial charge in [-0.05, 0) is 42.3 Å². The molecule has 0 bridgehead atoms. The highest BCUT2D eigenvalue weighted by atomic mass is 16.5. The second-order valence-electron chi connectivity index (χ2n) is 4.91. The Kier molecular flexibility index (Phi) is 3.20. The molecule has 102 valence electrons. The fraction of sp³-hybridized carbons (Fsp3) is 0.176. The van der Waals surface area contributed by atoms with E-state index >= 15 is 0 Å². The van der Waals surface area contributed by atoms with Gasteiger partial charge in [-0.25, -0.2) is 0 Å². The van der Waals surface area contributed by atoms with Gasteiger partial charge in [0.05, 0.1) is 12.8 Å². The molecule has 0 spiro atoms. The van der Waals surface area contributed by atoms with E-state index < -0.39 is 0 Å². The van der Waals surface area contributed by atoms with Crippen LogP contribution >= 0.6 is 0 Å². The summed E-state index contributed by atoms with van der Waals surface area (Å²) in [5.74, 6) is 0.876. The average molecular weight is 266 g/mol. The van der Waals surface area contributed by atoms with E-state index in [4.69, 9.17) is 10.5 Å². The molecule has 20 heavy (non-hydrogen) atoms. The molecule has 1 heterocycles. The lowest BCUT2D eigenvalue weighted by Crippen LogP contribution is -1.95. The number of aromatic amines is 1. The molecular formula is C17H18N2O. The zero-order valence-corrected chi connectivity index (χ0v) is 11.7. The molecule has 3 nitrogen and oxygen atoms in total. The maximum atomic E-state index is 5.72. The van der Waals surface area contributed by atoms with E-state index in [9.17, 15) is 0 Å². The molecule has 2 aromatic carbocycles. The van der Waals surface area contributed by atoms with Crippen LogP contribution in [0.4, 0.5) is 0 Å². The third-order valence-electron chi connectivity index (χ3n) is 3.73. The lowest BCUT2D eigenvalue weighted by Gasteiger charge is -2.07. The van der Waals surface area contributed by atoms with Crippen molar-refractivity contribution in [2.45, 2.75) is 13.5 Å². The van der Waals surface area contributed by atoms with Crippen LogP contribution in [0.15, 0.2) is 42.5 Å². The highest BCUT2D eigenvalue weighted by molar-refractivity contribution is 5.92. The summed E-state index contributed by atoms with van der Waals surface area (Å²) < 4.78 is 5.46. The third kappa shape index (κ3) is 1.96. The molecule has 3 rings (SSSR count). The normalized spacial score (nSPS) is 10.9. The fourth-order valence-corrected chi connectivity index (χ4v) is 2.62. The maximum Gasteiger partial charge on any atom is 0.128 e.